The molecule has 2 aromatic rings. The lowest BCUT2D eigenvalue weighted by atomic mass is 10.1. The molecule has 2 aromatic carbocycles. The van der Waals surface area contributed by atoms with Crippen molar-refractivity contribution >= 4 is 52.1 Å². The predicted molar refractivity (Wildman–Crippen MR) is 104 cm³/mol. The van der Waals surface area contributed by atoms with Gasteiger partial charge in [0.25, 0.3) is 0 Å². The number of nitrogens with one attached hydrogen (secondary N) is 3. The molecule has 0 aromatic heterocycles. The van der Waals surface area contributed by atoms with Crippen molar-refractivity contribution in [2.75, 3.05) is 22.5 Å². The van der Waals surface area contributed by atoms with Crippen molar-refractivity contribution in [3.05, 3.63) is 52.0 Å². The van der Waals surface area contributed by atoms with E-state index in [-0.39, 0.29) is 18.4 Å². The first kappa shape index (κ1) is 19.1. The summed E-state index contributed by atoms with van der Waals surface area (Å²) in [5.74, 6) is -0.323. The fourth-order valence-corrected chi connectivity index (χ4v) is 2.44. The molecule has 7 heteroatoms. The zero-order valence-corrected chi connectivity index (χ0v) is 15.5. The molecule has 0 fully saturated rings. The van der Waals surface area contributed by atoms with E-state index < -0.39 is 0 Å². The van der Waals surface area contributed by atoms with Crippen LogP contribution in [0.4, 0.5) is 17.1 Å². The lowest BCUT2D eigenvalue weighted by Gasteiger charge is -2.12. The number of anilines is 3. The van der Waals surface area contributed by atoms with Crippen molar-refractivity contribution in [2.45, 2.75) is 20.3 Å². The maximum absolute atomic E-state index is 12.1. The Hall–Kier alpha value is -2.24. The largest absolute Gasteiger partial charge is 0.375 e. The summed E-state index contributed by atoms with van der Waals surface area (Å²) in [6, 6.07) is 10.3. The molecule has 3 N–H and O–H groups in total. The number of halogens is 2. The Bertz CT molecular complexity index is 794. The van der Waals surface area contributed by atoms with Gasteiger partial charge in [-0.25, -0.2) is 0 Å². The molecule has 2 rings (SSSR count). The summed E-state index contributed by atoms with van der Waals surface area (Å²) in [6.07, 6.45) is 0.389. The second kappa shape index (κ2) is 8.74. The molecular formula is C18H19Cl2N3O2. The van der Waals surface area contributed by atoms with Gasteiger partial charge >= 0.3 is 0 Å². The second-order valence-electron chi connectivity index (χ2n) is 5.46. The van der Waals surface area contributed by atoms with Gasteiger partial charge in [0, 0.05) is 22.8 Å². The summed E-state index contributed by atoms with van der Waals surface area (Å²) in [5.41, 5.74) is 2.78. The van der Waals surface area contributed by atoms with E-state index in [9.17, 15) is 9.59 Å². The van der Waals surface area contributed by atoms with Crippen LogP contribution in [0.15, 0.2) is 36.4 Å². The van der Waals surface area contributed by atoms with Crippen LogP contribution in [-0.2, 0) is 9.59 Å². The normalized spacial score (nSPS) is 10.2. The lowest BCUT2D eigenvalue weighted by Crippen LogP contribution is -2.22. The van der Waals surface area contributed by atoms with Crippen molar-refractivity contribution < 1.29 is 9.59 Å². The minimum absolute atomic E-state index is 0.0323. The number of amides is 2. The SMILES string of the molecule is CCC(=O)Nc1cc(NC(=O)CNc2cc(Cl)ccc2Cl)ccc1C. The fourth-order valence-electron chi connectivity index (χ4n) is 2.09. The van der Waals surface area contributed by atoms with Gasteiger partial charge in [-0.05, 0) is 42.8 Å². The van der Waals surface area contributed by atoms with Crippen LogP contribution in [-0.4, -0.2) is 18.4 Å². The third-order valence-corrected chi connectivity index (χ3v) is 4.05. The molecule has 0 spiro atoms. The Morgan fingerprint density at radius 2 is 1.72 bits per heavy atom. The number of benzene rings is 2. The van der Waals surface area contributed by atoms with Gasteiger partial charge in [-0.1, -0.05) is 36.2 Å². The number of carbonyl (C=O) groups is 2. The maximum Gasteiger partial charge on any atom is 0.243 e. The summed E-state index contributed by atoms with van der Waals surface area (Å²) >= 11 is 12.0. The summed E-state index contributed by atoms with van der Waals surface area (Å²) in [6.45, 7) is 3.70. The molecule has 0 atom stereocenters. The molecule has 0 radical (unpaired) electrons. The highest BCUT2D eigenvalue weighted by molar-refractivity contribution is 6.35. The van der Waals surface area contributed by atoms with E-state index >= 15 is 0 Å². The van der Waals surface area contributed by atoms with Crippen molar-refractivity contribution in [3.8, 4) is 0 Å². The number of aryl methyl sites for hydroxylation is 1. The minimum Gasteiger partial charge on any atom is -0.375 e. The van der Waals surface area contributed by atoms with Crippen molar-refractivity contribution in [1.82, 2.24) is 0 Å². The third kappa shape index (κ3) is 5.66. The van der Waals surface area contributed by atoms with Gasteiger partial charge in [-0.2, -0.15) is 0 Å². The Labute approximate surface area is 156 Å². The standard InChI is InChI=1S/C18H19Cl2N3O2/c1-3-17(24)23-15-9-13(6-4-11(15)2)22-18(25)10-21-16-8-12(19)5-7-14(16)20/h4-9,21H,3,10H2,1-2H3,(H,22,25)(H,23,24). The Balaban J connectivity index is 1.99. The molecule has 0 aliphatic heterocycles. The first-order valence-corrected chi connectivity index (χ1v) is 8.54. The van der Waals surface area contributed by atoms with Crippen LogP contribution in [0.3, 0.4) is 0 Å². The summed E-state index contributed by atoms with van der Waals surface area (Å²) in [7, 11) is 0. The summed E-state index contributed by atoms with van der Waals surface area (Å²) < 4.78 is 0. The van der Waals surface area contributed by atoms with E-state index in [1.807, 2.05) is 13.0 Å². The molecule has 0 saturated carbocycles. The van der Waals surface area contributed by atoms with Gasteiger partial charge in [0.15, 0.2) is 0 Å². The lowest BCUT2D eigenvalue weighted by molar-refractivity contribution is -0.116. The van der Waals surface area contributed by atoms with E-state index in [0.717, 1.165) is 5.56 Å². The van der Waals surface area contributed by atoms with Gasteiger partial charge in [0.2, 0.25) is 11.8 Å². The average Bonchev–Trinajstić information content (AvgIpc) is 2.58. The van der Waals surface area contributed by atoms with Crippen LogP contribution in [0.25, 0.3) is 0 Å². The molecule has 0 heterocycles. The number of carbonyl (C=O) groups excluding carboxylic acids is 2. The van der Waals surface area contributed by atoms with Crippen molar-refractivity contribution in [1.29, 1.82) is 0 Å². The van der Waals surface area contributed by atoms with Gasteiger partial charge in [0.05, 0.1) is 17.3 Å². The third-order valence-electron chi connectivity index (χ3n) is 3.48. The number of hydrogen-bond acceptors (Lipinski definition) is 3. The molecular weight excluding hydrogens is 361 g/mol. The molecule has 0 bridgehead atoms. The molecule has 5 nitrogen and oxygen atoms in total. The maximum atomic E-state index is 12.1. The molecule has 132 valence electrons. The topological polar surface area (TPSA) is 70.2 Å². The van der Waals surface area contributed by atoms with Gasteiger partial charge in [0.1, 0.15) is 0 Å². The quantitative estimate of drug-likeness (QED) is 0.680. The zero-order valence-electron chi connectivity index (χ0n) is 14.0. The molecule has 25 heavy (non-hydrogen) atoms. The Kier molecular flexibility index (Phi) is 6.67. The fraction of sp³-hybridized carbons (Fsp3) is 0.222. The highest BCUT2D eigenvalue weighted by Crippen LogP contribution is 2.25. The van der Waals surface area contributed by atoms with E-state index in [2.05, 4.69) is 16.0 Å². The minimum atomic E-state index is -0.243. The summed E-state index contributed by atoms with van der Waals surface area (Å²) in [4.78, 5) is 23.7. The van der Waals surface area contributed by atoms with Crippen molar-refractivity contribution in [2.24, 2.45) is 0 Å². The molecule has 0 aliphatic rings. The first-order valence-electron chi connectivity index (χ1n) is 7.78. The Morgan fingerprint density at radius 3 is 2.44 bits per heavy atom. The van der Waals surface area contributed by atoms with E-state index in [0.29, 0.717) is 33.5 Å². The van der Waals surface area contributed by atoms with Crippen LogP contribution >= 0.6 is 23.2 Å². The summed E-state index contributed by atoms with van der Waals surface area (Å²) in [5, 5.41) is 9.54. The van der Waals surface area contributed by atoms with Crippen LogP contribution in [0, 0.1) is 6.92 Å². The smallest absolute Gasteiger partial charge is 0.243 e. The molecule has 2 amide bonds. The van der Waals surface area contributed by atoms with Crippen molar-refractivity contribution in [3.63, 3.8) is 0 Å². The highest BCUT2D eigenvalue weighted by atomic mass is 35.5. The average molecular weight is 380 g/mol. The second-order valence-corrected chi connectivity index (χ2v) is 6.30. The Morgan fingerprint density at radius 1 is 0.960 bits per heavy atom. The van der Waals surface area contributed by atoms with E-state index in [1.165, 1.54) is 0 Å². The molecule has 0 aliphatic carbocycles. The van der Waals surface area contributed by atoms with Crippen LogP contribution in [0.1, 0.15) is 18.9 Å². The van der Waals surface area contributed by atoms with Gasteiger partial charge in [-0.15, -0.1) is 0 Å². The van der Waals surface area contributed by atoms with Gasteiger partial charge in [-0.3, -0.25) is 9.59 Å². The highest BCUT2D eigenvalue weighted by Gasteiger charge is 2.08. The zero-order chi connectivity index (χ0) is 18.4. The first-order chi connectivity index (χ1) is 11.9. The van der Waals surface area contributed by atoms with Crippen LogP contribution in [0.2, 0.25) is 10.0 Å². The van der Waals surface area contributed by atoms with Crippen LogP contribution in [0.5, 0.6) is 0 Å². The monoisotopic (exact) mass is 379 g/mol. The number of hydrogen-bond donors (Lipinski definition) is 3. The molecule has 0 unspecified atom stereocenters. The van der Waals surface area contributed by atoms with E-state index in [4.69, 9.17) is 23.2 Å². The van der Waals surface area contributed by atoms with Crippen LogP contribution < -0.4 is 16.0 Å². The predicted octanol–water partition coefficient (Wildman–Crippen LogP) is 4.70. The number of rotatable bonds is 6. The van der Waals surface area contributed by atoms with Gasteiger partial charge < -0.3 is 16.0 Å². The van der Waals surface area contributed by atoms with E-state index in [1.54, 1.807) is 37.3 Å². The molecule has 0 saturated heterocycles.